The number of nitro benzene ring substituents is 1. The van der Waals surface area contributed by atoms with E-state index in [1.54, 1.807) is 0 Å². The Bertz CT molecular complexity index is 695. The number of aromatic nitrogens is 1. The molecule has 9 heteroatoms. The molecule has 0 amide bonds. The Morgan fingerprint density at radius 3 is 2.33 bits per heavy atom. The van der Waals surface area contributed by atoms with Gasteiger partial charge in [-0.1, -0.05) is 23.2 Å². The number of non-ortho nitro benzene ring substituents is 1. The van der Waals surface area contributed by atoms with Crippen LogP contribution < -0.4 is 4.74 Å². The summed E-state index contributed by atoms with van der Waals surface area (Å²) in [5.74, 6) is -0.959. The summed E-state index contributed by atoms with van der Waals surface area (Å²) in [6.45, 7) is 0. The zero-order chi connectivity index (χ0) is 15.6. The molecule has 1 heterocycles. The van der Waals surface area contributed by atoms with Crippen molar-refractivity contribution in [1.29, 1.82) is 0 Å². The molecule has 0 aliphatic carbocycles. The second-order valence-corrected chi connectivity index (χ2v) is 4.60. The van der Waals surface area contributed by atoms with E-state index >= 15 is 0 Å². The molecule has 2 aromatic rings. The first-order valence-electron chi connectivity index (χ1n) is 5.39. The van der Waals surface area contributed by atoms with Crippen LogP contribution in [0.25, 0.3) is 0 Å². The van der Waals surface area contributed by atoms with Crippen molar-refractivity contribution in [1.82, 2.24) is 4.98 Å². The third kappa shape index (κ3) is 3.39. The Hall–Kier alpha value is -2.38. The van der Waals surface area contributed by atoms with E-state index in [0.29, 0.717) is 0 Å². The van der Waals surface area contributed by atoms with Gasteiger partial charge in [0.1, 0.15) is 11.4 Å². The predicted octanol–water partition coefficient (Wildman–Crippen LogP) is 3.79. The summed E-state index contributed by atoms with van der Waals surface area (Å²) in [4.78, 5) is 24.4. The normalized spacial score (nSPS) is 10.2. The third-order valence-electron chi connectivity index (χ3n) is 2.37. The molecule has 0 aliphatic heterocycles. The number of aromatic carboxylic acids is 1. The average molecular weight is 329 g/mol. The third-order valence-corrected chi connectivity index (χ3v) is 2.93. The molecule has 0 spiro atoms. The van der Waals surface area contributed by atoms with E-state index in [0.717, 1.165) is 12.1 Å². The molecule has 0 unspecified atom stereocenters. The second-order valence-electron chi connectivity index (χ2n) is 3.78. The number of hydrogen-bond acceptors (Lipinski definition) is 5. The van der Waals surface area contributed by atoms with Crippen LogP contribution in [0.2, 0.25) is 10.0 Å². The van der Waals surface area contributed by atoms with Gasteiger partial charge in [0.15, 0.2) is 5.75 Å². The monoisotopic (exact) mass is 328 g/mol. The summed E-state index contributed by atoms with van der Waals surface area (Å²) in [7, 11) is 0. The summed E-state index contributed by atoms with van der Waals surface area (Å²) in [5.41, 5.74) is -0.417. The molecule has 1 aromatic heterocycles. The van der Waals surface area contributed by atoms with Gasteiger partial charge in [0, 0.05) is 12.1 Å². The van der Waals surface area contributed by atoms with E-state index in [9.17, 15) is 14.9 Å². The van der Waals surface area contributed by atoms with Crippen molar-refractivity contribution in [3.63, 3.8) is 0 Å². The van der Waals surface area contributed by atoms with Crippen LogP contribution in [-0.2, 0) is 0 Å². The summed E-state index contributed by atoms with van der Waals surface area (Å²) in [6, 6.07) is 4.80. The highest BCUT2D eigenvalue weighted by Crippen LogP contribution is 2.39. The first-order valence-corrected chi connectivity index (χ1v) is 6.14. The highest BCUT2D eigenvalue weighted by Gasteiger charge is 2.16. The molecule has 0 saturated heterocycles. The van der Waals surface area contributed by atoms with Gasteiger partial charge in [-0.2, -0.15) is 0 Å². The largest absolute Gasteiger partial charge is 0.477 e. The fourth-order valence-electron chi connectivity index (χ4n) is 1.43. The molecule has 0 aliphatic rings. The fraction of sp³-hybridized carbons (Fsp3) is 0. The van der Waals surface area contributed by atoms with E-state index in [1.165, 1.54) is 18.3 Å². The number of rotatable bonds is 4. The molecule has 1 N–H and O–H groups in total. The minimum absolute atomic E-state index is 0.0220. The van der Waals surface area contributed by atoms with Crippen molar-refractivity contribution in [2.45, 2.75) is 0 Å². The maximum Gasteiger partial charge on any atom is 0.354 e. The quantitative estimate of drug-likeness (QED) is 0.676. The Morgan fingerprint density at radius 2 is 1.90 bits per heavy atom. The average Bonchev–Trinajstić information content (AvgIpc) is 2.43. The van der Waals surface area contributed by atoms with Crippen LogP contribution in [0.5, 0.6) is 11.5 Å². The lowest BCUT2D eigenvalue weighted by molar-refractivity contribution is -0.384. The molecular formula is C12H6Cl2N2O5. The number of pyridine rings is 1. The van der Waals surface area contributed by atoms with E-state index in [1.807, 2.05) is 0 Å². The number of benzene rings is 1. The molecule has 7 nitrogen and oxygen atoms in total. The smallest absolute Gasteiger partial charge is 0.354 e. The van der Waals surface area contributed by atoms with Crippen molar-refractivity contribution in [2.75, 3.05) is 0 Å². The van der Waals surface area contributed by atoms with Crippen LogP contribution in [0, 0.1) is 10.1 Å². The van der Waals surface area contributed by atoms with E-state index in [-0.39, 0.29) is 32.9 Å². The summed E-state index contributed by atoms with van der Waals surface area (Å²) in [6.07, 6.45) is 1.18. The first kappa shape index (κ1) is 15.0. The second kappa shape index (κ2) is 5.94. The van der Waals surface area contributed by atoms with Gasteiger partial charge in [-0.25, -0.2) is 9.78 Å². The summed E-state index contributed by atoms with van der Waals surface area (Å²) >= 11 is 11.8. The minimum atomic E-state index is -1.17. The van der Waals surface area contributed by atoms with Gasteiger partial charge in [-0.05, 0) is 12.1 Å². The number of halogens is 2. The van der Waals surface area contributed by atoms with Gasteiger partial charge >= 0.3 is 5.97 Å². The van der Waals surface area contributed by atoms with Crippen LogP contribution in [0.3, 0.4) is 0 Å². The Kier molecular flexibility index (Phi) is 4.25. The maximum absolute atomic E-state index is 10.7. The molecule has 0 atom stereocenters. The van der Waals surface area contributed by atoms with Crippen molar-refractivity contribution in [3.05, 3.63) is 56.3 Å². The lowest BCUT2D eigenvalue weighted by Gasteiger charge is -2.09. The molecule has 108 valence electrons. The standard InChI is InChI=1S/C12H6Cl2N2O5/c13-8-3-6(16(19)20)4-9(14)11(8)21-7-1-2-10(12(17)18)15-5-7/h1-5H,(H,17,18). The Morgan fingerprint density at radius 1 is 1.29 bits per heavy atom. The topological polar surface area (TPSA) is 103 Å². The zero-order valence-corrected chi connectivity index (χ0v) is 11.6. The maximum atomic E-state index is 10.7. The molecule has 21 heavy (non-hydrogen) atoms. The van der Waals surface area contributed by atoms with Crippen LogP contribution >= 0.6 is 23.2 Å². The molecule has 0 fully saturated rings. The van der Waals surface area contributed by atoms with Gasteiger partial charge in [0.05, 0.1) is 21.2 Å². The predicted molar refractivity (Wildman–Crippen MR) is 74.4 cm³/mol. The number of nitro groups is 1. The number of hydrogen-bond donors (Lipinski definition) is 1. The first-order chi connectivity index (χ1) is 9.88. The van der Waals surface area contributed by atoms with Gasteiger partial charge in [0.2, 0.25) is 0 Å². The number of carboxylic acids is 1. The summed E-state index contributed by atoms with van der Waals surface area (Å²) in [5, 5.41) is 19.3. The van der Waals surface area contributed by atoms with E-state index in [4.69, 9.17) is 33.0 Å². The van der Waals surface area contributed by atoms with E-state index in [2.05, 4.69) is 4.98 Å². The van der Waals surface area contributed by atoms with Gasteiger partial charge in [-0.15, -0.1) is 0 Å². The van der Waals surface area contributed by atoms with Crippen LogP contribution in [0.15, 0.2) is 30.5 Å². The van der Waals surface area contributed by atoms with Crippen LogP contribution in [-0.4, -0.2) is 21.0 Å². The molecular weight excluding hydrogens is 323 g/mol. The fourth-order valence-corrected chi connectivity index (χ4v) is 1.99. The number of carbonyl (C=O) groups is 1. The molecule has 0 radical (unpaired) electrons. The van der Waals surface area contributed by atoms with Crippen molar-refractivity contribution < 1.29 is 19.6 Å². The van der Waals surface area contributed by atoms with Gasteiger partial charge < -0.3 is 9.84 Å². The SMILES string of the molecule is O=C(O)c1ccc(Oc2c(Cl)cc([N+](=O)[O-])cc2Cl)cn1. The lowest BCUT2D eigenvalue weighted by atomic mass is 10.3. The lowest BCUT2D eigenvalue weighted by Crippen LogP contribution is -1.99. The van der Waals surface area contributed by atoms with Crippen molar-refractivity contribution in [2.24, 2.45) is 0 Å². The van der Waals surface area contributed by atoms with Crippen molar-refractivity contribution in [3.8, 4) is 11.5 Å². The molecule has 0 saturated carbocycles. The highest BCUT2D eigenvalue weighted by molar-refractivity contribution is 6.37. The molecule has 2 rings (SSSR count). The molecule has 0 bridgehead atoms. The van der Waals surface area contributed by atoms with Gasteiger partial charge in [-0.3, -0.25) is 10.1 Å². The Balaban J connectivity index is 2.31. The van der Waals surface area contributed by atoms with Crippen molar-refractivity contribution >= 4 is 34.9 Å². The number of nitrogens with zero attached hydrogens (tertiary/aromatic N) is 2. The number of ether oxygens (including phenoxy) is 1. The minimum Gasteiger partial charge on any atom is -0.477 e. The van der Waals surface area contributed by atoms with Gasteiger partial charge in [0.25, 0.3) is 5.69 Å². The van der Waals surface area contributed by atoms with Crippen LogP contribution in [0.1, 0.15) is 10.5 Å². The highest BCUT2D eigenvalue weighted by atomic mass is 35.5. The van der Waals surface area contributed by atoms with Crippen LogP contribution in [0.4, 0.5) is 5.69 Å². The summed E-state index contributed by atoms with van der Waals surface area (Å²) < 4.78 is 5.37. The van der Waals surface area contributed by atoms with E-state index < -0.39 is 10.9 Å². The molecule has 1 aromatic carbocycles. The Labute approximate surface area is 127 Å². The zero-order valence-electron chi connectivity index (χ0n) is 10.1. The number of carboxylic acid groups (broad SMARTS) is 1.